The third kappa shape index (κ3) is 3.25. The van der Waals surface area contributed by atoms with Crippen LogP contribution in [-0.4, -0.2) is 23.6 Å². The van der Waals surface area contributed by atoms with E-state index in [-0.39, 0.29) is 24.3 Å². The first-order valence-corrected chi connectivity index (χ1v) is 6.89. The first-order chi connectivity index (χ1) is 10.6. The Labute approximate surface area is 126 Å². The molecule has 1 aliphatic heterocycles. The number of nitrogens with zero attached hydrogens (tertiary/aromatic N) is 1. The van der Waals surface area contributed by atoms with Crippen molar-refractivity contribution in [3.8, 4) is 5.88 Å². The second-order valence-electron chi connectivity index (χ2n) is 5.03. The quantitative estimate of drug-likeness (QED) is 0.899. The number of aromatic nitrogens is 1. The number of fused-ring (bicyclic) bond motifs is 1. The molecule has 0 saturated carbocycles. The molecule has 2 amide bonds. The summed E-state index contributed by atoms with van der Waals surface area (Å²) >= 11 is 0. The van der Waals surface area contributed by atoms with Crippen LogP contribution < -0.4 is 15.4 Å². The number of nitrogens with one attached hydrogen (secondary N) is 2. The lowest BCUT2D eigenvalue weighted by Gasteiger charge is -2.17. The predicted octanol–water partition coefficient (Wildman–Crippen LogP) is 1.89. The molecule has 1 aromatic heterocycles. The Balaban J connectivity index is 1.59. The number of aryl methyl sites for hydroxylation is 2. The lowest BCUT2D eigenvalue weighted by Crippen LogP contribution is -2.22. The van der Waals surface area contributed by atoms with Gasteiger partial charge in [-0.1, -0.05) is 6.07 Å². The molecule has 2 N–H and O–H groups in total. The van der Waals surface area contributed by atoms with Gasteiger partial charge in [0.2, 0.25) is 5.91 Å². The number of carbonyl (C=O) groups excluding carboxylic acids is 2. The molecule has 22 heavy (non-hydrogen) atoms. The number of hydrogen-bond acceptors (Lipinski definition) is 5. The molecule has 0 saturated heterocycles. The minimum absolute atomic E-state index is 0.0132. The van der Waals surface area contributed by atoms with Gasteiger partial charge in [0, 0.05) is 23.9 Å². The van der Waals surface area contributed by atoms with Crippen LogP contribution in [0.1, 0.15) is 17.7 Å². The Hall–Kier alpha value is -2.83. The summed E-state index contributed by atoms with van der Waals surface area (Å²) in [6.07, 6.45) is 1.20. The zero-order valence-electron chi connectivity index (χ0n) is 12.0. The van der Waals surface area contributed by atoms with E-state index in [0.717, 1.165) is 11.3 Å². The van der Waals surface area contributed by atoms with E-state index in [4.69, 9.17) is 9.26 Å². The van der Waals surface area contributed by atoms with Crippen LogP contribution in [0.4, 0.5) is 11.4 Å². The number of carbonyl (C=O) groups is 2. The van der Waals surface area contributed by atoms with Crippen LogP contribution in [0, 0.1) is 6.92 Å². The molecule has 3 rings (SSSR count). The molecule has 2 heterocycles. The SMILES string of the molecule is Cc1cc(OCC(=O)Nc2ccc3c(c2)NC(=O)CC3)no1. The van der Waals surface area contributed by atoms with Crippen LogP contribution in [-0.2, 0) is 16.0 Å². The van der Waals surface area contributed by atoms with Crippen molar-refractivity contribution in [2.45, 2.75) is 19.8 Å². The molecule has 0 atom stereocenters. The summed E-state index contributed by atoms with van der Waals surface area (Å²) < 4.78 is 10.0. The van der Waals surface area contributed by atoms with Crippen molar-refractivity contribution in [3.63, 3.8) is 0 Å². The first-order valence-electron chi connectivity index (χ1n) is 6.89. The highest BCUT2D eigenvalue weighted by Crippen LogP contribution is 2.25. The fourth-order valence-corrected chi connectivity index (χ4v) is 2.20. The van der Waals surface area contributed by atoms with E-state index in [1.54, 1.807) is 25.1 Å². The monoisotopic (exact) mass is 301 g/mol. The molecule has 1 aromatic carbocycles. The largest absolute Gasteiger partial charge is 0.465 e. The molecule has 114 valence electrons. The molecular formula is C15H15N3O4. The maximum absolute atomic E-state index is 11.8. The minimum Gasteiger partial charge on any atom is -0.465 e. The van der Waals surface area contributed by atoms with E-state index in [9.17, 15) is 9.59 Å². The van der Waals surface area contributed by atoms with Gasteiger partial charge in [-0.3, -0.25) is 9.59 Å². The second kappa shape index (κ2) is 5.88. The number of amides is 2. The van der Waals surface area contributed by atoms with Crippen molar-refractivity contribution in [2.75, 3.05) is 17.2 Å². The molecular weight excluding hydrogens is 286 g/mol. The van der Waals surface area contributed by atoms with Gasteiger partial charge in [0.05, 0.1) is 0 Å². The summed E-state index contributed by atoms with van der Waals surface area (Å²) in [5.74, 6) is 0.551. The number of benzene rings is 1. The summed E-state index contributed by atoms with van der Waals surface area (Å²) in [7, 11) is 0. The van der Waals surface area contributed by atoms with Gasteiger partial charge in [0.1, 0.15) is 5.76 Å². The highest BCUT2D eigenvalue weighted by atomic mass is 16.5. The van der Waals surface area contributed by atoms with E-state index in [2.05, 4.69) is 15.8 Å². The molecule has 0 radical (unpaired) electrons. The Bertz CT molecular complexity index is 723. The third-order valence-corrected chi connectivity index (χ3v) is 3.25. The van der Waals surface area contributed by atoms with Crippen LogP contribution in [0.3, 0.4) is 0 Å². The average molecular weight is 301 g/mol. The minimum atomic E-state index is -0.317. The fraction of sp³-hybridized carbons (Fsp3) is 0.267. The summed E-state index contributed by atoms with van der Waals surface area (Å²) in [4.78, 5) is 23.2. The van der Waals surface area contributed by atoms with E-state index in [1.807, 2.05) is 6.07 Å². The highest BCUT2D eigenvalue weighted by molar-refractivity contribution is 5.96. The Morgan fingerprint density at radius 1 is 1.41 bits per heavy atom. The van der Waals surface area contributed by atoms with Gasteiger partial charge in [-0.25, -0.2) is 0 Å². The molecule has 2 aromatic rings. The van der Waals surface area contributed by atoms with Crippen molar-refractivity contribution < 1.29 is 18.8 Å². The fourth-order valence-electron chi connectivity index (χ4n) is 2.20. The molecule has 0 spiro atoms. The highest BCUT2D eigenvalue weighted by Gasteiger charge is 2.15. The van der Waals surface area contributed by atoms with Crippen LogP contribution in [0.2, 0.25) is 0 Å². The van der Waals surface area contributed by atoms with Crippen LogP contribution in [0.5, 0.6) is 5.88 Å². The zero-order valence-corrected chi connectivity index (χ0v) is 12.0. The van der Waals surface area contributed by atoms with Gasteiger partial charge >= 0.3 is 0 Å². The summed E-state index contributed by atoms with van der Waals surface area (Å²) in [5, 5.41) is 9.14. The van der Waals surface area contributed by atoms with E-state index in [1.165, 1.54) is 0 Å². The van der Waals surface area contributed by atoms with Gasteiger partial charge in [0.25, 0.3) is 11.8 Å². The predicted molar refractivity (Wildman–Crippen MR) is 78.8 cm³/mol. The van der Waals surface area contributed by atoms with Crippen molar-refractivity contribution in [1.29, 1.82) is 0 Å². The number of rotatable bonds is 4. The Morgan fingerprint density at radius 2 is 2.27 bits per heavy atom. The maximum Gasteiger partial charge on any atom is 0.262 e. The third-order valence-electron chi connectivity index (χ3n) is 3.25. The number of ether oxygens (including phenoxy) is 1. The number of hydrogen-bond donors (Lipinski definition) is 2. The average Bonchev–Trinajstić information content (AvgIpc) is 2.90. The molecule has 0 aliphatic carbocycles. The van der Waals surface area contributed by atoms with Crippen molar-refractivity contribution in [2.24, 2.45) is 0 Å². The van der Waals surface area contributed by atoms with E-state index >= 15 is 0 Å². The van der Waals surface area contributed by atoms with Gasteiger partial charge in [-0.15, -0.1) is 0 Å². The van der Waals surface area contributed by atoms with Gasteiger partial charge < -0.3 is 19.9 Å². The summed E-state index contributed by atoms with van der Waals surface area (Å²) in [5.41, 5.74) is 2.40. The van der Waals surface area contributed by atoms with Crippen molar-refractivity contribution in [1.82, 2.24) is 5.16 Å². The topological polar surface area (TPSA) is 93.5 Å². The summed E-state index contributed by atoms with van der Waals surface area (Å²) in [6.45, 7) is 1.57. The molecule has 0 bridgehead atoms. The molecule has 0 unspecified atom stereocenters. The normalized spacial score (nSPS) is 13.2. The molecule has 1 aliphatic rings. The van der Waals surface area contributed by atoms with Crippen LogP contribution in [0.15, 0.2) is 28.8 Å². The first kappa shape index (κ1) is 14.1. The second-order valence-corrected chi connectivity index (χ2v) is 5.03. The maximum atomic E-state index is 11.8. The van der Waals surface area contributed by atoms with Gasteiger partial charge in [0.15, 0.2) is 6.61 Å². The van der Waals surface area contributed by atoms with Gasteiger partial charge in [-0.2, -0.15) is 0 Å². The molecule has 7 nitrogen and oxygen atoms in total. The van der Waals surface area contributed by atoms with Crippen LogP contribution >= 0.6 is 0 Å². The summed E-state index contributed by atoms with van der Waals surface area (Å²) in [6, 6.07) is 7.03. The van der Waals surface area contributed by atoms with Crippen molar-refractivity contribution >= 4 is 23.2 Å². The van der Waals surface area contributed by atoms with E-state index in [0.29, 0.717) is 24.3 Å². The zero-order chi connectivity index (χ0) is 15.5. The lowest BCUT2D eigenvalue weighted by atomic mass is 10.0. The van der Waals surface area contributed by atoms with Crippen LogP contribution in [0.25, 0.3) is 0 Å². The van der Waals surface area contributed by atoms with Gasteiger partial charge in [-0.05, 0) is 36.2 Å². The Kier molecular flexibility index (Phi) is 3.78. The van der Waals surface area contributed by atoms with Crippen molar-refractivity contribution in [3.05, 3.63) is 35.6 Å². The standard InChI is InChI=1S/C15H15N3O4/c1-9-6-15(18-22-9)21-8-14(20)16-11-4-2-10-3-5-13(19)17-12(10)7-11/h2,4,6-7H,3,5,8H2,1H3,(H,16,20)(H,17,19). The lowest BCUT2D eigenvalue weighted by molar-refractivity contribution is -0.118. The molecule has 0 fully saturated rings. The smallest absolute Gasteiger partial charge is 0.262 e. The number of anilines is 2. The Morgan fingerprint density at radius 3 is 3.05 bits per heavy atom. The molecule has 7 heteroatoms. The van der Waals surface area contributed by atoms with E-state index < -0.39 is 0 Å².